The summed E-state index contributed by atoms with van der Waals surface area (Å²) in [5, 5.41) is 0. The van der Waals surface area contributed by atoms with Gasteiger partial charge in [0.1, 0.15) is 6.04 Å². The summed E-state index contributed by atoms with van der Waals surface area (Å²) in [7, 11) is 0. The summed E-state index contributed by atoms with van der Waals surface area (Å²) < 4.78 is 39.3. The van der Waals surface area contributed by atoms with Gasteiger partial charge in [0.15, 0.2) is 0 Å². The number of amides is 1. The van der Waals surface area contributed by atoms with Crippen LogP contribution in [0.4, 0.5) is 13.2 Å². The summed E-state index contributed by atoms with van der Waals surface area (Å²) in [6.45, 7) is 3.91. The van der Waals surface area contributed by atoms with E-state index in [1.54, 1.807) is 0 Å². The number of nitrogens with two attached hydrogens (primary N) is 1. The number of likely N-dealkylation sites (tertiary alicyclic amines) is 1. The molecule has 0 radical (unpaired) electrons. The molecule has 0 bridgehead atoms. The molecule has 128 valence electrons. The lowest BCUT2D eigenvalue weighted by Gasteiger charge is -2.39. The molecule has 1 heterocycles. The first kappa shape index (κ1) is 17.8. The maximum absolute atomic E-state index is 13.1. The molecule has 0 saturated carbocycles. The quantitative estimate of drug-likeness (QED) is 0.927. The van der Waals surface area contributed by atoms with E-state index in [0.29, 0.717) is 12.8 Å². The van der Waals surface area contributed by atoms with Gasteiger partial charge < -0.3 is 10.6 Å². The van der Waals surface area contributed by atoms with Gasteiger partial charge in [-0.15, -0.1) is 0 Å². The molecule has 3 nitrogen and oxygen atoms in total. The van der Waals surface area contributed by atoms with Crippen molar-refractivity contribution in [3.8, 4) is 0 Å². The van der Waals surface area contributed by atoms with E-state index in [4.69, 9.17) is 5.73 Å². The van der Waals surface area contributed by atoms with Crippen molar-refractivity contribution in [2.24, 2.45) is 5.73 Å². The Morgan fingerprint density at radius 1 is 1.30 bits per heavy atom. The van der Waals surface area contributed by atoms with Crippen LogP contribution in [0.1, 0.15) is 36.0 Å². The van der Waals surface area contributed by atoms with Crippen LogP contribution < -0.4 is 5.73 Å². The average Bonchev–Trinajstić information content (AvgIpc) is 2.44. The third-order valence-corrected chi connectivity index (χ3v) is 4.42. The summed E-state index contributed by atoms with van der Waals surface area (Å²) >= 11 is 0. The summed E-state index contributed by atoms with van der Waals surface area (Å²) in [5.74, 6) is -0.470. The van der Waals surface area contributed by atoms with Crippen molar-refractivity contribution >= 4 is 5.91 Å². The second-order valence-electron chi connectivity index (χ2n) is 6.37. The molecule has 1 amide bonds. The zero-order valence-electron chi connectivity index (χ0n) is 13.5. The molecule has 6 heteroatoms. The normalized spacial score (nSPS) is 22.3. The number of halogens is 3. The van der Waals surface area contributed by atoms with Crippen LogP contribution in [0.5, 0.6) is 0 Å². The molecule has 0 aliphatic carbocycles. The average molecular weight is 328 g/mol. The fourth-order valence-corrected chi connectivity index (χ4v) is 3.13. The molecule has 2 atom stereocenters. The minimum atomic E-state index is -4.39. The molecule has 0 unspecified atom stereocenters. The lowest BCUT2D eigenvalue weighted by atomic mass is 9.96. The van der Waals surface area contributed by atoms with Crippen molar-refractivity contribution in [3.63, 3.8) is 0 Å². The summed E-state index contributed by atoms with van der Waals surface area (Å²) in [6.07, 6.45) is -3.69. The van der Waals surface area contributed by atoms with E-state index in [9.17, 15) is 18.0 Å². The molecule has 1 aromatic rings. The Labute approximate surface area is 134 Å². The Morgan fingerprint density at radius 3 is 2.61 bits per heavy atom. The lowest BCUT2D eigenvalue weighted by molar-refractivity contribution is -0.196. The highest BCUT2D eigenvalue weighted by Gasteiger charge is 2.47. The standard InChI is InChI=1S/C17H23F3N2O/c1-11-3-4-13(12(2)9-11)5-8-16(23)22-10-14(21)6-7-15(22)17(18,19)20/h3-4,9,14-15H,5-8,10,21H2,1-2H3/t14-,15+/m1/s1. The van der Waals surface area contributed by atoms with Gasteiger partial charge in [-0.25, -0.2) is 0 Å². The van der Waals surface area contributed by atoms with E-state index >= 15 is 0 Å². The first-order valence-electron chi connectivity index (χ1n) is 7.86. The minimum absolute atomic E-state index is 0.0180. The zero-order chi connectivity index (χ0) is 17.2. The Kier molecular flexibility index (Phi) is 5.34. The molecule has 0 spiro atoms. The first-order chi connectivity index (χ1) is 10.7. The molecule has 1 fully saturated rings. The third-order valence-electron chi connectivity index (χ3n) is 4.42. The van der Waals surface area contributed by atoms with Gasteiger partial charge in [0.05, 0.1) is 0 Å². The Bertz CT molecular complexity index is 571. The largest absolute Gasteiger partial charge is 0.408 e. The lowest BCUT2D eigenvalue weighted by Crippen LogP contribution is -2.56. The van der Waals surface area contributed by atoms with Crippen molar-refractivity contribution < 1.29 is 18.0 Å². The molecule has 1 saturated heterocycles. The minimum Gasteiger partial charge on any atom is -0.329 e. The van der Waals surface area contributed by atoms with Crippen LogP contribution in [0.25, 0.3) is 0 Å². The predicted molar refractivity (Wildman–Crippen MR) is 83.0 cm³/mol. The van der Waals surface area contributed by atoms with Gasteiger partial charge in [-0.3, -0.25) is 4.79 Å². The van der Waals surface area contributed by atoms with Crippen LogP contribution in [0.2, 0.25) is 0 Å². The predicted octanol–water partition coefficient (Wildman–Crippen LogP) is 3.12. The number of carbonyl (C=O) groups is 1. The SMILES string of the molecule is Cc1ccc(CCC(=O)N2C[C@H](N)CC[C@H]2C(F)(F)F)c(C)c1. The molecule has 0 aromatic heterocycles. The second kappa shape index (κ2) is 6.91. The number of hydrogen-bond donors (Lipinski definition) is 1. The van der Waals surface area contributed by atoms with Crippen LogP contribution >= 0.6 is 0 Å². The number of nitrogens with zero attached hydrogens (tertiary/aromatic N) is 1. The summed E-state index contributed by atoms with van der Waals surface area (Å²) in [4.78, 5) is 13.3. The number of rotatable bonds is 3. The van der Waals surface area contributed by atoms with E-state index in [1.165, 1.54) is 0 Å². The fourth-order valence-electron chi connectivity index (χ4n) is 3.13. The number of benzene rings is 1. The van der Waals surface area contributed by atoms with Gasteiger partial charge in [-0.05, 0) is 44.2 Å². The highest BCUT2D eigenvalue weighted by molar-refractivity contribution is 5.77. The number of carbonyl (C=O) groups excluding carboxylic acids is 1. The molecule has 1 aliphatic rings. The van der Waals surface area contributed by atoms with Gasteiger partial charge in [-0.1, -0.05) is 23.8 Å². The monoisotopic (exact) mass is 328 g/mol. The molecule has 1 aromatic carbocycles. The smallest absolute Gasteiger partial charge is 0.329 e. The number of hydrogen-bond acceptors (Lipinski definition) is 2. The third kappa shape index (κ3) is 4.47. The maximum atomic E-state index is 13.1. The van der Waals surface area contributed by atoms with Crippen molar-refractivity contribution in [2.45, 2.75) is 57.8 Å². The summed E-state index contributed by atoms with van der Waals surface area (Å²) in [5.41, 5.74) is 8.93. The van der Waals surface area contributed by atoms with E-state index < -0.39 is 18.1 Å². The Hall–Kier alpha value is -1.56. The van der Waals surface area contributed by atoms with E-state index in [-0.39, 0.29) is 25.4 Å². The van der Waals surface area contributed by atoms with Crippen LogP contribution in [0.15, 0.2) is 18.2 Å². The van der Waals surface area contributed by atoms with Gasteiger partial charge >= 0.3 is 6.18 Å². The topological polar surface area (TPSA) is 46.3 Å². The highest BCUT2D eigenvalue weighted by Crippen LogP contribution is 2.32. The summed E-state index contributed by atoms with van der Waals surface area (Å²) in [6, 6.07) is 3.81. The van der Waals surface area contributed by atoms with Crippen LogP contribution in [0.3, 0.4) is 0 Å². The zero-order valence-corrected chi connectivity index (χ0v) is 13.5. The molecular weight excluding hydrogens is 305 g/mol. The Balaban J connectivity index is 2.05. The number of aryl methyl sites for hydroxylation is 3. The van der Waals surface area contributed by atoms with Crippen molar-refractivity contribution in [2.75, 3.05) is 6.54 Å². The number of piperidine rings is 1. The van der Waals surface area contributed by atoms with Crippen LogP contribution in [-0.4, -0.2) is 35.6 Å². The fraction of sp³-hybridized carbons (Fsp3) is 0.588. The molecule has 23 heavy (non-hydrogen) atoms. The van der Waals surface area contributed by atoms with Crippen LogP contribution in [0, 0.1) is 13.8 Å². The molecule has 2 rings (SSSR count). The molecule has 1 aliphatic heterocycles. The van der Waals surface area contributed by atoms with Crippen molar-refractivity contribution in [1.82, 2.24) is 4.90 Å². The first-order valence-corrected chi connectivity index (χ1v) is 7.86. The van der Waals surface area contributed by atoms with Crippen molar-refractivity contribution in [1.29, 1.82) is 0 Å². The van der Waals surface area contributed by atoms with Crippen LogP contribution in [-0.2, 0) is 11.2 Å². The van der Waals surface area contributed by atoms with E-state index in [1.807, 2.05) is 32.0 Å². The van der Waals surface area contributed by atoms with E-state index in [0.717, 1.165) is 21.6 Å². The Morgan fingerprint density at radius 2 is 2.00 bits per heavy atom. The molecular formula is C17H23F3N2O. The van der Waals surface area contributed by atoms with Gasteiger partial charge in [0, 0.05) is 19.0 Å². The highest BCUT2D eigenvalue weighted by atomic mass is 19.4. The second-order valence-corrected chi connectivity index (χ2v) is 6.37. The number of alkyl halides is 3. The van der Waals surface area contributed by atoms with Crippen molar-refractivity contribution in [3.05, 3.63) is 34.9 Å². The van der Waals surface area contributed by atoms with Gasteiger partial charge in [-0.2, -0.15) is 13.2 Å². The molecule has 2 N–H and O–H groups in total. The van der Waals surface area contributed by atoms with Gasteiger partial charge in [0.2, 0.25) is 5.91 Å². The maximum Gasteiger partial charge on any atom is 0.408 e. The van der Waals surface area contributed by atoms with E-state index in [2.05, 4.69) is 0 Å². The van der Waals surface area contributed by atoms with Gasteiger partial charge in [0.25, 0.3) is 0 Å².